The SMILES string of the molecule is CCCN1CC=C2C(C#N)C(=N)C(C#N)(C#N)[C@H](c3cc(OC)cc(OC)c3)[C@H]2C1. The summed E-state index contributed by atoms with van der Waals surface area (Å²) in [5.41, 5.74) is -0.352. The van der Waals surface area contributed by atoms with E-state index in [9.17, 15) is 15.8 Å². The Hall–Kier alpha value is -3.34. The van der Waals surface area contributed by atoms with Crippen molar-refractivity contribution >= 4 is 5.71 Å². The Morgan fingerprint density at radius 1 is 1.13 bits per heavy atom. The van der Waals surface area contributed by atoms with E-state index >= 15 is 0 Å². The molecule has 1 heterocycles. The van der Waals surface area contributed by atoms with Crippen molar-refractivity contribution in [2.24, 2.45) is 17.3 Å². The van der Waals surface area contributed by atoms with Crippen LogP contribution in [0.1, 0.15) is 24.8 Å². The van der Waals surface area contributed by atoms with Gasteiger partial charge < -0.3 is 14.9 Å². The van der Waals surface area contributed by atoms with Gasteiger partial charge in [-0.15, -0.1) is 0 Å². The summed E-state index contributed by atoms with van der Waals surface area (Å²) < 4.78 is 10.8. The van der Waals surface area contributed by atoms with Crippen molar-refractivity contribution in [3.63, 3.8) is 0 Å². The molecule has 30 heavy (non-hydrogen) atoms. The Bertz CT molecular complexity index is 958. The van der Waals surface area contributed by atoms with Crippen LogP contribution < -0.4 is 9.47 Å². The molecule has 1 aromatic carbocycles. The number of fused-ring (bicyclic) bond motifs is 1. The molecule has 3 atom stereocenters. The summed E-state index contributed by atoms with van der Waals surface area (Å²) in [6.07, 6.45) is 2.99. The number of rotatable bonds is 5. The molecule has 0 bridgehead atoms. The molecule has 2 aliphatic rings. The summed E-state index contributed by atoms with van der Waals surface area (Å²) in [6, 6.07) is 11.7. The molecule has 7 nitrogen and oxygen atoms in total. The van der Waals surface area contributed by atoms with E-state index in [2.05, 4.69) is 30.0 Å². The molecule has 7 heteroatoms. The highest BCUT2D eigenvalue weighted by atomic mass is 16.5. The second-order valence-electron chi connectivity index (χ2n) is 7.70. The van der Waals surface area contributed by atoms with E-state index < -0.39 is 17.3 Å². The lowest BCUT2D eigenvalue weighted by Gasteiger charge is -2.47. The standard InChI is InChI=1S/C23H25N5O2/c1-4-6-28-7-5-18-19(11-24)22(27)23(13-25,14-26)21(20(18)12-28)15-8-16(29-2)10-17(9-15)30-3/h5,8-10,19-21,27H,4,6-7,12H2,1-3H3/t19?,20-,21+/m0/s1. The molecule has 1 fully saturated rings. The molecule has 1 aliphatic carbocycles. The quantitative estimate of drug-likeness (QED) is 0.754. The molecule has 0 aromatic heterocycles. The summed E-state index contributed by atoms with van der Waals surface area (Å²) >= 11 is 0. The Balaban J connectivity index is 2.26. The lowest BCUT2D eigenvalue weighted by atomic mass is 9.54. The van der Waals surface area contributed by atoms with Gasteiger partial charge in [0.2, 0.25) is 0 Å². The number of benzene rings is 1. The largest absolute Gasteiger partial charge is 0.497 e. The summed E-state index contributed by atoms with van der Waals surface area (Å²) in [5.74, 6) is -0.605. The first kappa shape index (κ1) is 21.4. The Morgan fingerprint density at radius 2 is 1.77 bits per heavy atom. The molecule has 154 valence electrons. The van der Waals surface area contributed by atoms with E-state index in [0.29, 0.717) is 30.2 Å². The average molecular weight is 403 g/mol. The highest BCUT2D eigenvalue weighted by Gasteiger charge is 2.57. The van der Waals surface area contributed by atoms with E-state index in [1.165, 1.54) is 0 Å². The Morgan fingerprint density at radius 3 is 2.27 bits per heavy atom. The van der Waals surface area contributed by atoms with Crippen LogP contribution in [-0.2, 0) is 0 Å². The molecule has 0 saturated heterocycles. The van der Waals surface area contributed by atoms with Crippen molar-refractivity contribution in [3.05, 3.63) is 35.4 Å². The minimum absolute atomic E-state index is 0.145. The zero-order valence-electron chi connectivity index (χ0n) is 17.5. The second-order valence-corrected chi connectivity index (χ2v) is 7.70. The van der Waals surface area contributed by atoms with Gasteiger partial charge >= 0.3 is 0 Å². The molecule has 1 saturated carbocycles. The predicted molar refractivity (Wildman–Crippen MR) is 111 cm³/mol. The number of nitrogens with zero attached hydrogens (tertiary/aromatic N) is 4. The highest BCUT2D eigenvalue weighted by Crippen LogP contribution is 2.54. The Labute approximate surface area is 177 Å². The molecule has 1 aliphatic heterocycles. The third-order valence-corrected chi connectivity index (χ3v) is 6.14. The van der Waals surface area contributed by atoms with E-state index in [1.807, 2.05) is 6.08 Å². The zero-order valence-corrected chi connectivity index (χ0v) is 17.5. The number of hydrogen-bond acceptors (Lipinski definition) is 7. The van der Waals surface area contributed by atoms with Crippen LogP contribution in [0.4, 0.5) is 0 Å². The maximum atomic E-state index is 10.2. The topological polar surface area (TPSA) is 117 Å². The smallest absolute Gasteiger partial charge is 0.189 e. The summed E-state index contributed by atoms with van der Waals surface area (Å²) in [7, 11) is 3.09. The monoisotopic (exact) mass is 403 g/mol. The third-order valence-electron chi connectivity index (χ3n) is 6.14. The van der Waals surface area contributed by atoms with Crippen LogP contribution in [0.2, 0.25) is 0 Å². The fourth-order valence-electron chi connectivity index (χ4n) is 4.75. The molecule has 3 rings (SSSR count). The van der Waals surface area contributed by atoms with Crippen LogP contribution in [0.3, 0.4) is 0 Å². The van der Waals surface area contributed by atoms with Crippen molar-refractivity contribution in [3.8, 4) is 29.7 Å². The van der Waals surface area contributed by atoms with E-state index in [-0.39, 0.29) is 11.6 Å². The van der Waals surface area contributed by atoms with E-state index in [0.717, 1.165) is 18.5 Å². The lowest BCUT2D eigenvalue weighted by Crippen LogP contribution is -2.52. The summed E-state index contributed by atoms with van der Waals surface area (Å²) in [6.45, 7) is 4.31. The van der Waals surface area contributed by atoms with Gasteiger partial charge in [-0.25, -0.2) is 0 Å². The first-order chi connectivity index (χ1) is 14.5. The van der Waals surface area contributed by atoms with Gasteiger partial charge in [0.1, 0.15) is 17.4 Å². The van der Waals surface area contributed by atoms with Crippen molar-refractivity contribution < 1.29 is 9.47 Å². The minimum atomic E-state index is -1.74. The van der Waals surface area contributed by atoms with Gasteiger partial charge in [0.15, 0.2) is 5.41 Å². The first-order valence-corrected chi connectivity index (χ1v) is 9.95. The molecule has 1 aromatic rings. The van der Waals surface area contributed by atoms with Gasteiger partial charge in [0.05, 0.1) is 38.1 Å². The van der Waals surface area contributed by atoms with Gasteiger partial charge in [-0.05, 0) is 36.2 Å². The van der Waals surface area contributed by atoms with E-state index in [1.54, 1.807) is 32.4 Å². The lowest BCUT2D eigenvalue weighted by molar-refractivity contribution is 0.204. The summed E-state index contributed by atoms with van der Waals surface area (Å²) in [4.78, 5) is 2.27. The molecular formula is C23H25N5O2. The van der Waals surface area contributed by atoms with Crippen molar-refractivity contribution in [2.45, 2.75) is 19.3 Å². The van der Waals surface area contributed by atoms with Gasteiger partial charge in [-0.3, -0.25) is 4.90 Å². The average Bonchev–Trinajstić information content (AvgIpc) is 2.78. The van der Waals surface area contributed by atoms with Gasteiger partial charge in [0, 0.05) is 31.0 Å². The van der Waals surface area contributed by atoms with Gasteiger partial charge in [0.25, 0.3) is 0 Å². The fourth-order valence-corrected chi connectivity index (χ4v) is 4.75. The number of ether oxygens (including phenoxy) is 2. The third kappa shape index (κ3) is 3.30. The van der Waals surface area contributed by atoms with Crippen molar-refractivity contribution in [1.82, 2.24) is 4.90 Å². The molecule has 0 amide bonds. The number of nitriles is 3. The maximum absolute atomic E-state index is 10.2. The van der Waals surface area contributed by atoms with Crippen LogP contribution in [-0.4, -0.2) is 44.5 Å². The highest BCUT2D eigenvalue weighted by molar-refractivity contribution is 6.00. The van der Waals surface area contributed by atoms with Crippen LogP contribution >= 0.6 is 0 Å². The predicted octanol–water partition coefficient (Wildman–Crippen LogP) is 3.26. The molecule has 0 radical (unpaired) electrons. The zero-order chi connectivity index (χ0) is 21.9. The van der Waals surface area contributed by atoms with Crippen LogP contribution in [0.5, 0.6) is 11.5 Å². The maximum Gasteiger partial charge on any atom is 0.189 e. The van der Waals surface area contributed by atoms with Crippen molar-refractivity contribution in [1.29, 1.82) is 21.2 Å². The molecule has 0 spiro atoms. The van der Waals surface area contributed by atoms with Gasteiger partial charge in [-0.2, -0.15) is 15.8 Å². The molecule has 1 N–H and O–H groups in total. The number of nitrogens with one attached hydrogen (secondary N) is 1. The second kappa shape index (κ2) is 8.57. The fraction of sp³-hybridized carbons (Fsp3) is 0.478. The number of hydrogen-bond donors (Lipinski definition) is 1. The van der Waals surface area contributed by atoms with Crippen LogP contribution in [0, 0.1) is 56.7 Å². The van der Waals surface area contributed by atoms with Crippen LogP contribution in [0.15, 0.2) is 29.8 Å². The first-order valence-electron chi connectivity index (χ1n) is 9.95. The minimum Gasteiger partial charge on any atom is -0.497 e. The normalized spacial score (nSPS) is 25.1. The Kier molecular flexibility index (Phi) is 6.11. The molecule has 1 unspecified atom stereocenters. The van der Waals surface area contributed by atoms with Crippen molar-refractivity contribution in [2.75, 3.05) is 33.9 Å². The summed E-state index contributed by atoms with van der Waals surface area (Å²) in [5, 5.41) is 38.8. The van der Waals surface area contributed by atoms with Gasteiger partial charge in [-0.1, -0.05) is 13.0 Å². The van der Waals surface area contributed by atoms with E-state index in [4.69, 9.17) is 14.9 Å². The molecular weight excluding hydrogens is 378 g/mol. The number of methoxy groups -OCH3 is 2. The van der Waals surface area contributed by atoms with Crippen LogP contribution in [0.25, 0.3) is 0 Å².